The van der Waals surface area contributed by atoms with Crippen LogP contribution in [0.4, 0.5) is 0 Å². The Morgan fingerprint density at radius 3 is 2.71 bits per heavy atom. The van der Waals surface area contributed by atoms with Crippen LogP contribution in [0.5, 0.6) is 0 Å². The highest BCUT2D eigenvalue weighted by Crippen LogP contribution is 2.47. The number of nitrogens with zero attached hydrogens (tertiary/aromatic N) is 1. The maximum Gasteiger partial charge on any atom is 0.247 e. The molecule has 2 heterocycles. The highest BCUT2D eigenvalue weighted by molar-refractivity contribution is 7.10. The molecule has 1 aromatic heterocycles. The number of benzene rings is 1. The van der Waals surface area contributed by atoms with Gasteiger partial charge in [0.2, 0.25) is 17.7 Å². The maximum absolute atomic E-state index is 13.6. The number of allylic oxidation sites excluding steroid dienone is 3. The predicted molar refractivity (Wildman–Crippen MR) is 164 cm³/mol. The minimum absolute atomic E-state index is 0.00149. The quantitative estimate of drug-likeness (QED) is 0.282. The second-order valence-corrected chi connectivity index (χ2v) is 13.4. The van der Waals surface area contributed by atoms with Crippen LogP contribution in [0, 0.1) is 10.8 Å². The summed E-state index contributed by atoms with van der Waals surface area (Å²) < 4.78 is 0. The van der Waals surface area contributed by atoms with Crippen LogP contribution in [0.1, 0.15) is 85.4 Å². The third-order valence-electron chi connectivity index (χ3n) is 9.65. The molecular formula is C33H39N5O3S. The van der Waals surface area contributed by atoms with Crippen molar-refractivity contribution in [2.24, 2.45) is 11.1 Å². The van der Waals surface area contributed by atoms with Gasteiger partial charge in [0.25, 0.3) is 0 Å². The molecular weight excluding hydrogens is 546 g/mol. The lowest BCUT2D eigenvalue weighted by Crippen LogP contribution is -2.49. The zero-order chi connectivity index (χ0) is 29.4. The van der Waals surface area contributed by atoms with Crippen LogP contribution in [0.3, 0.4) is 0 Å². The average Bonchev–Trinajstić information content (AvgIpc) is 3.72. The summed E-state index contributed by atoms with van der Waals surface area (Å²) in [5, 5.41) is 15.5. The zero-order valence-corrected chi connectivity index (χ0v) is 24.9. The summed E-state index contributed by atoms with van der Waals surface area (Å²) in [5.41, 5.74) is 10.8. The first-order chi connectivity index (χ1) is 20.2. The number of nitrogens with one attached hydrogen (secondary N) is 3. The fourth-order valence-corrected chi connectivity index (χ4v) is 8.26. The van der Waals surface area contributed by atoms with E-state index in [1.54, 1.807) is 4.90 Å². The third kappa shape index (κ3) is 5.54. The van der Waals surface area contributed by atoms with Gasteiger partial charge in [0.1, 0.15) is 11.9 Å². The van der Waals surface area contributed by atoms with Gasteiger partial charge in [0.05, 0.1) is 12.6 Å². The molecule has 3 atom stereocenters. The third-order valence-corrected chi connectivity index (χ3v) is 10.8. The topological polar surface area (TPSA) is 128 Å². The van der Waals surface area contributed by atoms with Gasteiger partial charge < -0.3 is 21.3 Å². The number of nitrogen functional groups attached to an aromatic ring is 1. The molecule has 42 heavy (non-hydrogen) atoms. The first kappa shape index (κ1) is 28.4. The van der Waals surface area contributed by atoms with E-state index in [0.29, 0.717) is 30.5 Å². The first-order valence-corrected chi connectivity index (χ1v) is 15.9. The average molecular weight is 586 g/mol. The molecule has 0 radical (unpaired) electrons. The Hall–Kier alpha value is -3.72. The largest absolute Gasteiger partial charge is 0.384 e. The van der Waals surface area contributed by atoms with Gasteiger partial charge in [-0.3, -0.25) is 19.8 Å². The van der Waals surface area contributed by atoms with Crippen molar-refractivity contribution >= 4 is 34.9 Å². The van der Waals surface area contributed by atoms with Crippen LogP contribution in [0.25, 0.3) is 0 Å². The van der Waals surface area contributed by atoms with Crippen molar-refractivity contribution in [1.82, 2.24) is 15.5 Å². The predicted octanol–water partition coefficient (Wildman–Crippen LogP) is 4.47. The van der Waals surface area contributed by atoms with Crippen LogP contribution in [0.2, 0.25) is 0 Å². The number of amidine groups is 1. The van der Waals surface area contributed by atoms with E-state index in [9.17, 15) is 14.4 Å². The smallest absolute Gasteiger partial charge is 0.247 e. The van der Waals surface area contributed by atoms with E-state index in [2.05, 4.69) is 34.9 Å². The molecule has 1 spiro atoms. The van der Waals surface area contributed by atoms with E-state index >= 15 is 0 Å². The highest BCUT2D eigenvalue weighted by atomic mass is 32.1. The van der Waals surface area contributed by atoms with Gasteiger partial charge in [-0.25, -0.2) is 0 Å². The molecule has 1 unspecified atom stereocenters. The molecule has 3 amide bonds. The van der Waals surface area contributed by atoms with Gasteiger partial charge >= 0.3 is 0 Å². The number of carbonyl (C=O) groups excluding carboxylic acids is 3. The number of fused-ring (bicyclic) bond motifs is 3. The van der Waals surface area contributed by atoms with Crippen LogP contribution in [-0.4, -0.2) is 47.6 Å². The molecule has 2 fully saturated rings. The van der Waals surface area contributed by atoms with E-state index in [4.69, 9.17) is 11.1 Å². The Morgan fingerprint density at radius 1 is 1.17 bits per heavy atom. The second kappa shape index (κ2) is 11.5. The normalized spacial score (nSPS) is 22.9. The van der Waals surface area contributed by atoms with Crippen molar-refractivity contribution in [3.8, 4) is 0 Å². The van der Waals surface area contributed by atoms with Crippen molar-refractivity contribution in [3.05, 3.63) is 80.6 Å². The number of nitrogens with two attached hydrogens (primary N) is 1. The molecule has 4 aliphatic rings. The van der Waals surface area contributed by atoms with Gasteiger partial charge in [-0.2, -0.15) is 0 Å². The second-order valence-electron chi connectivity index (χ2n) is 12.4. The van der Waals surface area contributed by atoms with Gasteiger partial charge in [-0.05, 0) is 61.6 Å². The van der Waals surface area contributed by atoms with Crippen LogP contribution >= 0.6 is 11.3 Å². The Morgan fingerprint density at radius 2 is 1.95 bits per heavy atom. The number of hydrogen-bond acceptors (Lipinski definition) is 5. The fraction of sp³-hybridized carbons (Fsp3) is 0.455. The number of hydrogen-bond donors (Lipinski definition) is 4. The molecule has 8 nitrogen and oxygen atoms in total. The summed E-state index contributed by atoms with van der Waals surface area (Å²) in [6, 6.07) is 9.38. The summed E-state index contributed by atoms with van der Waals surface area (Å²) in [5.74, 6) is -0.388. The van der Waals surface area contributed by atoms with Crippen molar-refractivity contribution < 1.29 is 14.4 Å². The number of carbonyl (C=O) groups is 3. The highest BCUT2D eigenvalue weighted by Gasteiger charge is 2.49. The van der Waals surface area contributed by atoms with E-state index in [1.165, 1.54) is 34.5 Å². The summed E-state index contributed by atoms with van der Waals surface area (Å²) in [6.45, 7) is 2.33. The van der Waals surface area contributed by atoms with Crippen molar-refractivity contribution in [1.29, 1.82) is 5.41 Å². The van der Waals surface area contributed by atoms with E-state index < -0.39 is 6.04 Å². The zero-order valence-electron chi connectivity index (χ0n) is 24.1. The van der Waals surface area contributed by atoms with Gasteiger partial charge in [-0.1, -0.05) is 61.3 Å². The SMILES string of the molecule is C[C@@H](NC(=O)[C@@H]1CC2(CCCCC2)CN1C(=O)CNC(=O)C1=CC=C2Cc3ccccc3C2C1)c1cc(C(=N)N)cs1. The molecule has 1 aromatic carbocycles. The lowest BCUT2D eigenvalue weighted by molar-refractivity contribution is -0.138. The monoisotopic (exact) mass is 585 g/mol. The van der Waals surface area contributed by atoms with Gasteiger partial charge in [-0.15, -0.1) is 11.3 Å². The van der Waals surface area contributed by atoms with E-state index in [0.717, 1.165) is 37.0 Å². The summed E-state index contributed by atoms with van der Waals surface area (Å²) in [4.78, 5) is 43.1. The molecule has 1 saturated carbocycles. The molecule has 3 aliphatic carbocycles. The lowest BCUT2D eigenvalue weighted by atomic mass is 9.72. The fourth-order valence-electron chi connectivity index (χ4n) is 7.35. The van der Waals surface area contributed by atoms with Crippen molar-refractivity contribution in [3.63, 3.8) is 0 Å². The molecule has 2 aromatic rings. The molecule has 6 rings (SSSR count). The minimum Gasteiger partial charge on any atom is -0.384 e. The Kier molecular flexibility index (Phi) is 7.79. The molecule has 1 saturated heterocycles. The number of rotatable bonds is 7. The Bertz CT molecular complexity index is 1480. The summed E-state index contributed by atoms with van der Waals surface area (Å²) in [7, 11) is 0. The molecule has 220 valence electrons. The number of likely N-dealkylation sites (tertiary alicyclic amines) is 1. The van der Waals surface area contributed by atoms with E-state index in [-0.39, 0.29) is 47.5 Å². The lowest BCUT2D eigenvalue weighted by Gasteiger charge is -2.33. The number of thiophene rings is 1. The van der Waals surface area contributed by atoms with Crippen LogP contribution in [0.15, 0.2) is 59.0 Å². The standard InChI is InChI=1S/C33H39N5O3S/c1-20(28-15-24(18-42-28)30(34)35)37-32(41)27-16-33(11-5-2-6-12-33)19-38(27)29(39)17-36-31(40)23-10-9-22-13-21-7-3-4-8-25(21)26(22)14-23/h3-4,7-10,15,18,20,26-27H,2,5-6,11-14,16-17,19H2,1H3,(H3,34,35)(H,36,40)(H,37,41)/t20-,26?,27+/m1/s1. The van der Waals surface area contributed by atoms with Crippen molar-refractivity contribution in [2.75, 3.05) is 13.1 Å². The minimum atomic E-state index is -0.573. The van der Waals surface area contributed by atoms with E-state index in [1.807, 2.05) is 30.5 Å². The maximum atomic E-state index is 13.6. The number of amides is 3. The van der Waals surface area contributed by atoms with Gasteiger partial charge in [0, 0.05) is 33.9 Å². The summed E-state index contributed by atoms with van der Waals surface area (Å²) in [6.07, 6.45) is 11.6. The molecule has 1 aliphatic heterocycles. The van der Waals surface area contributed by atoms with Crippen molar-refractivity contribution in [2.45, 2.75) is 76.3 Å². The summed E-state index contributed by atoms with van der Waals surface area (Å²) >= 11 is 1.45. The Labute approximate surface area is 250 Å². The van der Waals surface area contributed by atoms with Crippen LogP contribution < -0.4 is 16.4 Å². The first-order valence-electron chi connectivity index (χ1n) is 15.0. The molecule has 0 bridgehead atoms. The van der Waals surface area contributed by atoms with Crippen LogP contribution in [-0.2, 0) is 20.8 Å². The van der Waals surface area contributed by atoms with Gasteiger partial charge in [0.15, 0.2) is 0 Å². The Balaban J connectivity index is 1.11. The molecule has 9 heteroatoms. The molecule has 5 N–H and O–H groups in total.